The molecule has 8 nitrogen and oxygen atoms in total. The molecule has 0 bridgehead atoms. The second kappa shape index (κ2) is 9.29. The summed E-state index contributed by atoms with van der Waals surface area (Å²) in [6.45, 7) is 5.52. The van der Waals surface area contributed by atoms with Crippen molar-refractivity contribution in [3.05, 3.63) is 23.2 Å². The number of thioether (sulfide) groups is 1. The third-order valence-electron chi connectivity index (χ3n) is 3.44. The Kier molecular flexibility index (Phi) is 7.54. The van der Waals surface area contributed by atoms with Crippen molar-refractivity contribution < 1.29 is 17.9 Å². The topological polar surface area (TPSA) is 101 Å². The van der Waals surface area contributed by atoms with Crippen LogP contribution in [-0.2, 0) is 14.8 Å². The summed E-state index contributed by atoms with van der Waals surface area (Å²) in [6, 6.07) is 3.48. The van der Waals surface area contributed by atoms with Crippen LogP contribution in [0.4, 0.5) is 10.8 Å². The van der Waals surface area contributed by atoms with E-state index in [-0.39, 0.29) is 11.4 Å². The number of methoxy groups -OCH3 is 1. The summed E-state index contributed by atoms with van der Waals surface area (Å²) in [6.07, 6.45) is 1.01. The predicted octanol–water partition coefficient (Wildman–Crippen LogP) is 3.49. The second-order valence-corrected chi connectivity index (χ2v) is 11.2. The summed E-state index contributed by atoms with van der Waals surface area (Å²) in [5.41, 5.74) is 0.175. The Morgan fingerprint density at radius 1 is 1.32 bits per heavy atom. The zero-order valence-corrected chi connectivity index (χ0v) is 19.2. The highest BCUT2D eigenvalue weighted by atomic mass is 35.5. The largest absolute Gasteiger partial charge is 0.495 e. The Hall–Kier alpha value is -1.56. The van der Waals surface area contributed by atoms with Crippen LogP contribution in [0.2, 0.25) is 5.02 Å². The Labute approximate surface area is 177 Å². The van der Waals surface area contributed by atoms with E-state index in [1.54, 1.807) is 12.1 Å². The molecule has 0 aliphatic heterocycles. The second-order valence-electron chi connectivity index (χ2n) is 6.08. The molecule has 28 heavy (non-hydrogen) atoms. The fourth-order valence-electron chi connectivity index (χ4n) is 2.34. The molecule has 0 radical (unpaired) electrons. The first kappa shape index (κ1) is 22.7. The van der Waals surface area contributed by atoms with Gasteiger partial charge in [-0.2, -0.15) is 0 Å². The minimum atomic E-state index is -3.82. The van der Waals surface area contributed by atoms with Crippen LogP contribution in [0.15, 0.2) is 22.5 Å². The zero-order chi connectivity index (χ0) is 21.1. The van der Waals surface area contributed by atoms with E-state index in [1.807, 2.05) is 13.8 Å². The highest BCUT2D eigenvalue weighted by Crippen LogP contribution is 2.34. The van der Waals surface area contributed by atoms with E-state index in [0.29, 0.717) is 15.4 Å². The van der Waals surface area contributed by atoms with Gasteiger partial charge in [-0.25, -0.2) is 8.42 Å². The highest BCUT2D eigenvalue weighted by Gasteiger charge is 2.32. The zero-order valence-electron chi connectivity index (χ0n) is 16.0. The van der Waals surface area contributed by atoms with Crippen LogP contribution in [0.1, 0.15) is 20.8 Å². The molecule has 2 aromatic rings. The standard InChI is InChI=1S/C16H21ClN4O4S3/c1-9(2)26-16-20-19-15(27-16)18-14(22)10(3)21(28(5,23)24)12-8-11(17)6-7-13(12)25-4/h6-10H,1-5H3,(H,18,19,22)/t10-/m0/s1. The molecule has 1 N–H and O–H groups in total. The minimum absolute atomic E-state index is 0.175. The molecule has 0 spiro atoms. The van der Waals surface area contributed by atoms with E-state index in [0.717, 1.165) is 14.9 Å². The third kappa shape index (κ3) is 5.72. The molecule has 12 heteroatoms. The number of rotatable bonds is 8. The SMILES string of the molecule is COc1ccc(Cl)cc1N([C@@H](C)C(=O)Nc1nnc(SC(C)C)s1)S(C)(=O)=O. The van der Waals surface area contributed by atoms with Gasteiger partial charge < -0.3 is 4.74 Å². The van der Waals surface area contributed by atoms with Gasteiger partial charge in [0.1, 0.15) is 11.8 Å². The molecule has 0 aliphatic carbocycles. The van der Waals surface area contributed by atoms with Gasteiger partial charge in [-0.05, 0) is 25.1 Å². The number of nitrogens with zero attached hydrogens (tertiary/aromatic N) is 3. The molecule has 2 rings (SSSR count). The van der Waals surface area contributed by atoms with Gasteiger partial charge >= 0.3 is 0 Å². The first-order valence-corrected chi connectivity index (χ1v) is 12.1. The summed E-state index contributed by atoms with van der Waals surface area (Å²) in [5.74, 6) is -0.272. The fourth-order valence-corrected chi connectivity index (χ4v) is 5.65. The number of nitrogens with one attached hydrogen (secondary N) is 1. The average Bonchev–Trinajstić information content (AvgIpc) is 3.00. The minimum Gasteiger partial charge on any atom is -0.495 e. The van der Waals surface area contributed by atoms with Crippen LogP contribution < -0.4 is 14.4 Å². The summed E-state index contributed by atoms with van der Waals surface area (Å²) >= 11 is 8.78. The van der Waals surface area contributed by atoms with Crippen molar-refractivity contribution in [1.82, 2.24) is 10.2 Å². The van der Waals surface area contributed by atoms with Crippen molar-refractivity contribution in [2.45, 2.75) is 36.4 Å². The number of hydrogen-bond donors (Lipinski definition) is 1. The molecule has 1 amide bonds. The number of sulfonamides is 1. The van der Waals surface area contributed by atoms with Crippen molar-refractivity contribution in [2.75, 3.05) is 23.0 Å². The lowest BCUT2D eigenvalue weighted by Crippen LogP contribution is -2.45. The number of carbonyl (C=O) groups excluding carboxylic acids is 1. The van der Waals surface area contributed by atoms with Crippen LogP contribution in [0.3, 0.4) is 0 Å². The maximum Gasteiger partial charge on any atom is 0.249 e. The molecular weight excluding hydrogens is 444 g/mol. The maximum atomic E-state index is 12.7. The number of aromatic nitrogens is 2. The lowest BCUT2D eigenvalue weighted by molar-refractivity contribution is -0.116. The van der Waals surface area contributed by atoms with Crippen molar-refractivity contribution in [1.29, 1.82) is 0 Å². The van der Waals surface area contributed by atoms with Gasteiger partial charge in [0, 0.05) is 10.3 Å². The molecular formula is C16H21ClN4O4S3. The van der Waals surface area contributed by atoms with Crippen molar-refractivity contribution in [3.63, 3.8) is 0 Å². The van der Waals surface area contributed by atoms with Crippen molar-refractivity contribution in [2.24, 2.45) is 0 Å². The molecule has 1 heterocycles. The summed E-state index contributed by atoms with van der Waals surface area (Å²) in [4.78, 5) is 12.7. The third-order valence-corrected chi connectivity index (χ3v) is 6.83. The number of halogens is 1. The molecule has 0 unspecified atom stereocenters. The first-order valence-electron chi connectivity index (χ1n) is 8.17. The Balaban J connectivity index is 2.31. The van der Waals surface area contributed by atoms with Gasteiger partial charge in [-0.3, -0.25) is 14.4 Å². The molecule has 1 aromatic heterocycles. The van der Waals surface area contributed by atoms with Crippen LogP contribution in [0, 0.1) is 0 Å². The van der Waals surface area contributed by atoms with Crippen LogP contribution >= 0.6 is 34.7 Å². The molecule has 0 saturated carbocycles. The Morgan fingerprint density at radius 2 is 2.00 bits per heavy atom. The fraction of sp³-hybridized carbons (Fsp3) is 0.438. The van der Waals surface area contributed by atoms with E-state index < -0.39 is 22.0 Å². The lowest BCUT2D eigenvalue weighted by atomic mass is 10.2. The van der Waals surface area contributed by atoms with Gasteiger partial charge in [0.2, 0.25) is 21.1 Å². The maximum absolute atomic E-state index is 12.7. The number of anilines is 2. The smallest absolute Gasteiger partial charge is 0.249 e. The van der Waals surface area contributed by atoms with Gasteiger partial charge in [0.15, 0.2) is 4.34 Å². The van der Waals surface area contributed by atoms with E-state index in [2.05, 4.69) is 15.5 Å². The monoisotopic (exact) mass is 464 g/mol. The molecule has 1 atom stereocenters. The molecule has 0 fully saturated rings. The van der Waals surface area contributed by atoms with Crippen LogP contribution in [0.5, 0.6) is 5.75 Å². The average molecular weight is 465 g/mol. The normalized spacial score (nSPS) is 12.7. The van der Waals surface area contributed by atoms with Gasteiger partial charge in [0.25, 0.3) is 0 Å². The number of hydrogen-bond acceptors (Lipinski definition) is 8. The number of ether oxygens (including phenoxy) is 1. The molecule has 0 aliphatic rings. The van der Waals surface area contributed by atoms with Gasteiger partial charge in [0.05, 0.1) is 19.1 Å². The number of carbonyl (C=O) groups is 1. The lowest BCUT2D eigenvalue weighted by Gasteiger charge is -2.29. The molecule has 1 aromatic carbocycles. The van der Waals surface area contributed by atoms with Crippen LogP contribution in [-0.4, -0.2) is 49.2 Å². The predicted molar refractivity (Wildman–Crippen MR) is 114 cm³/mol. The summed E-state index contributed by atoms with van der Waals surface area (Å²) < 4.78 is 31.8. The van der Waals surface area contributed by atoms with E-state index in [9.17, 15) is 13.2 Å². The highest BCUT2D eigenvalue weighted by molar-refractivity contribution is 8.01. The van der Waals surface area contributed by atoms with Crippen LogP contribution in [0.25, 0.3) is 0 Å². The first-order chi connectivity index (χ1) is 13.0. The van der Waals surface area contributed by atoms with Crippen molar-refractivity contribution in [3.8, 4) is 5.75 Å². The van der Waals surface area contributed by atoms with E-state index >= 15 is 0 Å². The van der Waals surface area contributed by atoms with Crippen molar-refractivity contribution >= 4 is 61.4 Å². The Morgan fingerprint density at radius 3 is 2.57 bits per heavy atom. The Bertz CT molecular complexity index is 949. The number of benzene rings is 1. The summed E-state index contributed by atoms with van der Waals surface area (Å²) in [7, 11) is -2.41. The van der Waals surface area contributed by atoms with Gasteiger partial charge in [-0.15, -0.1) is 10.2 Å². The summed E-state index contributed by atoms with van der Waals surface area (Å²) in [5, 5.41) is 11.5. The number of amides is 1. The van der Waals surface area contributed by atoms with E-state index in [4.69, 9.17) is 16.3 Å². The van der Waals surface area contributed by atoms with Gasteiger partial charge in [-0.1, -0.05) is 48.5 Å². The molecule has 0 saturated heterocycles. The van der Waals surface area contributed by atoms with E-state index in [1.165, 1.54) is 43.2 Å². The quantitative estimate of drug-likeness (QED) is 0.471. The molecule has 154 valence electrons.